The summed E-state index contributed by atoms with van der Waals surface area (Å²) in [6, 6.07) is 10.7. The fraction of sp³-hybridized carbons (Fsp3) is 0.357. The predicted octanol–water partition coefficient (Wildman–Crippen LogP) is 3.71. The number of aryl methyl sites for hydroxylation is 1. The molecule has 18 heavy (non-hydrogen) atoms. The van der Waals surface area contributed by atoms with Crippen molar-refractivity contribution >= 4 is 17.4 Å². The third kappa shape index (κ3) is 2.88. The molecule has 1 aromatic carbocycles. The van der Waals surface area contributed by atoms with Gasteiger partial charge in [-0.15, -0.1) is 11.8 Å². The van der Waals surface area contributed by atoms with Crippen LogP contribution in [0.1, 0.15) is 25.6 Å². The second-order valence-corrected chi connectivity index (χ2v) is 5.48. The van der Waals surface area contributed by atoms with E-state index >= 15 is 0 Å². The predicted molar refractivity (Wildman–Crippen MR) is 78.1 cm³/mol. The number of thioether (sulfide) groups is 1. The van der Waals surface area contributed by atoms with Gasteiger partial charge in [-0.05, 0) is 30.9 Å². The van der Waals surface area contributed by atoms with E-state index in [2.05, 4.69) is 48.5 Å². The minimum absolute atomic E-state index is 0.246. The summed E-state index contributed by atoms with van der Waals surface area (Å²) in [6.07, 6.45) is 1.83. The summed E-state index contributed by atoms with van der Waals surface area (Å²) in [5.41, 5.74) is 2.38. The zero-order valence-electron chi connectivity index (χ0n) is 11.1. The summed E-state index contributed by atoms with van der Waals surface area (Å²) in [4.78, 5) is 1.30. The van der Waals surface area contributed by atoms with Gasteiger partial charge < -0.3 is 5.32 Å². The minimum atomic E-state index is 0.246. The van der Waals surface area contributed by atoms with Gasteiger partial charge in [0.05, 0.1) is 11.7 Å². The van der Waals surface area contributed by atoms with Crippen molar-refractivity contribution in [2.24, 2.45) is 7.05 Å². The van der Waals surface area contributed by atoms with Crippen LogP contribution in [0.4, 0.5) is 5.69 Å². The molecule has 4 heteroatoms. The molecular formula is C14H19N3S. The molecule has 2 rings (SSSR count). The lowest BCUT2D eigenvalue weighted by atomic mass is 10.2. The first-order valence-corrected chi connectivity index (χ1v) is 7.17. The van der Waals surface area contributed by atoms with Crippen molar-refractivity contribution in [1.82, 2.24) is 9.78 Å². The van der Waals surface area contributed by atoms with E-state index in [0.29, 0.717) is 0 Å². The average Bonchev–Trinajstić information content (AvgIpc) is 2.78. The molecule has 96 valence electrons. The van der Waals surface area contributed by atoms with Crippen LogP contribution in [0.25, 0.3) is 0 Å². The van der Waals surface area contributed by atoms with Crippen molar-refractivity contribution in [3.8, 4) is 0 Å². The lowest BCUT2D eigenvalue weighted by Gasteiger charge is -2.18. The van der Waals surface area contributed by atoms with E-state index in [1.165, 1.54) is 16.3 Å². The molecule has 2 aromatic rings. The monoisotopic (exact) mass is 261 g/mol. The molecule has 3 nitrogen and oxygen atoms in total. The summed E-state index contributed by atoms with van der Waals surface area (Å²) in [6.45, 7) is 4.33. The number of hydrogen-bond acceptors (Lipinski definition) is 3. The molecule has 0 aliphatic heterocycles. The number of aromatic nitrogens is 2. The van der Waals surface area contributed by atoms with E-state index in [9.17, 15) is 0 Å². The largest absolute Gasteiger partial charge is 0.376 e. The highest BCUT2D eigenvalue weighted by atomic mass is 32.2. The first-order valence-electron chi connectivity index (χ1n) is 6.18. The topological polar surface area (TPSA) is 29.9 Å². The van der Waals surface area contributed by atoms with Crippen LogP contribution >= 0.6 is 11.8 Å². The Bertz CT molecular complexity index is 507. The molecule has 0 spiro atoms. The number of nitrogens with zero attached hydrogens (tertiary/aromatic N) is 2. The van der Waals surface area contributed by atoms with E-state index < -0.39 is 0 Å². The standard InChI is InChI=1S/C14H19N3S/c1-4-18-14-8-6-5-7-12(14)16-11(2)13-9-10-15-17(13)3/h5-11,16H,4H2,1-3H3. The van der Waals surface area contributed by atoms with Crippen molar-refractivity contribution in [3.05, 3.63) is 42.2 Å². The van der Waals surface area contributed by atoms with Crippen molar-refractivity contribution in [3.63, 3.8) is 0 Å². The van der Waals surface area contributed by atoms with E-state index in [1.54, 1.807) is 0 Å². The van der Waals surface area contributed by atoms with E-state index in [0.717, 1.165) is 5.75 Å². The van der Waals surface area contributed by atoms with Gasteiger partial charge in [0.25, 0.3) is 0 Å². The Morgan fingerprint density at radius 1 is 1.33 bits per heavy atom. The zero-order chi connectivity index (χ0) is 13.0. The van der Waals surface area contributed by atoms with Crippen molar-refractivity contribution in [2.45, 2.75) is 24.8 Å². The molecular weight excluding hydrogens is 242 g/mol. The highest BCUT2D eigenvalue weighted by molar-refractivity contribution is 7.99. The van der Waals surface area contributed by atoms with E-state index in [1.807, 2.05) is 35.8 Å². The second kappa shape index (κ2) is 5.96. The molecule has 0 aliphatic rings. The fourth-order valence-corrected chi connectivity index (χ4v) is 2.75. The summed E-state index contributed by atoms with van der Waals surface area (Å²) in [7, 11) is 1.97. The average molecular weight is 261 g/mol. The SMILES string of the molecule is CCSc1ccccc1NC(C)c1ccnn1C. The van der Waals surface area contributed by atoms with Crippen LogP contribution in [0.15, 0.2) is 41.4 Å². The zero-order valence-corrected chi connectivity index (χ0v) is 11.9. The molecule has 1 heterocycles. The van der Waals surface area contributed by atoms with Crippen LogP contribution in [0.3, 0.4) is 0 Å². The number of benzene rings is 1. The van der Waals surface area contributed by atoms with E-state index in [-0.39, 0.29) is 6.04 Å². The molecule has 0 saturated carbocycles. The Kier molecular flexibility index (Phi) is 4.31. The van der Waals surface area contributed by atoms with Gasteiger partial charge in [-0.25, -0.2) is 0 Å². The molecule has 0 radical (unpaired) electrons. The normalized spacial score (nSPS) is 12.4. The van der Waals surface area contributed by atoms with Crippen LogP contribution in [0.2, 0.25) is 0 Å². The van der Waals surface area contributed by atoms with Crippen molar-refractivity contribution < 1.29 is 0 Å². The Hall–Kier alpha value is -1.42. The van der Waals surface area contributed by atoms with Gasteiger partial charge in [-0.2, -0.15) is 5.10 Å². The van der Waals surface area contributed by atoms with Gasteiger partial charge in [0.2, 0.25) is 0 Å². The van der Waals surface area contributed by atoms with Gasteiger partial charge >= 0.3 is 0 Å². The van der Waals surface area contributed by atoms with Gasteiger partial charge in [-0.1, -0.05) is 19.1 Å². The van der Waals surface area contributed by atoms with E-state index in [4.69, 9.17) is 0 Å². The number of hydrogen-bond donors (Lipinski definition) is 1. The lowest BCUT2D eigenvalue weighted by molar-refractivity contribution is 0.675. The Morgan fingerprint density at radius 2 is 2.11 bits per heavy atom. The fourth-order valence-electron chi connectivity index (χ4n) is 1.98. The van der Waals surface area contributed by atoms with Gasteiger partial charge in [0, 0.05) is 23.8 Å². The van der Waals surface area contributed by atoms with Crippen LogP contribution < -0.4 is 5.32 Å². The molecule has 1 atom stereocenters. The number of para-hydroxylation sites is 1. The maximum absolute atomic E-state index is 4.21. The van der Waals surface area contributed by atoms with Gasteiger partial charge in [-0.3, -0.25) is 4.68 Å². The maximum Gasteiger partial charge on any atom is 0.0654 e. The summed E-state index contributed by atoms with van der Waals surface area (Å²) in [5.74, 6) is 1.08. The first-order chi connectivity index (χ1) is 8.72. The highest BCUT2D eigenvalue weighted by Crippen LogP contribution is 2.29. The molecule has 0 bridgehead atoms. The number of nitrogens with one attached hydrogen (secondary N) is 1. The third-order valence-electron chi connectivity index (χ3n) is 2.86. The molecule has 1 unspecified atom stereocenters. The van der Waals surface area contributed by atoms with Crippen LogP contribution in [0, 0.1) is 0 Å². The second-order valence-electron chi connectivity index (χ2n) is 4.17. The van der Waals surface area contributed by atoms with Crippen LogP contribution in [-0.4, -0.2) is 15.5 Å². The summed E-state index contributed by atoms with van der Waals surface area (Å²) >= 11 is 1.86. The quantitative estimate of drug-likeness (QED) is 0.832. The minimum Gasteiger partial charge on any atom is -0.376 e. The first kappa shape index (κ1) is 13.0. The third-order valence-corrected chi connectivity index (χ3v) is 3.82. The Labute approximate surface area is 113 Å². The molecule has 1 aromatic heterocycles. The number of rotatable bonds is 5. The summed E-state index contributed by atoms with van der Waals surface area (Å²) in [5, 5.41) is 7.77. The van der Waals surface area contributed by atoms with Crippen LogP contribution in [0.5, 0.6) is 0 Å². The molecule has 0 saturated heterocycles. The molecule has 0 aliphatic carbocycles. The van der Waals surface area contributed by atoms with Crippen molar-refractivity contribution in [1.29, 1.82) is 0 Å². The molecule has 1 N–H and O–H groups in total. The number of anilines is 1. The maximum atomic E-state index is 4.21. The van der Waals surface area contributed by atoms with Gasteiger partial charge in [0.1, 0.15) is 0 Å². The molecule has 0 amide bonds. The smallest absolute Gasteiger partial charge is 0.0654 e. The Morgan fingerprint density at radius 3 is 2.78 bits per heavy atom. The Balaban J connectivity index is 2.16. The summed E-state index contributed by atoms with van der Waals surface area (Å²) < 4.78 is 1.91. The van der Waals surface area contributed by atoms with Gasteiger partial charge in [0.15, 0.2) is 0 Å². The highest BCUT2D eigenvalue weighted by Gasteiger charge is 2.10. The van der Waals surface area contributed by atoms with Crippen LogP contribution in [-0.2, 0) is 7.05 Å². The lowest BCUT2D eigenvalue weighted by Crippen LogP contribution is -2.11. The molecule has 0 fully saturated rings. The van der Waals surface area contributed by atoms with Crippen molar-refractivity contribution in [2.75, 3.05) is 11.1 Å².